The molecule has 1 aliphatic rings. The molecule has 0 aromatic rings. The Morgan fingerprint density at radius 1 is 0.625 bits per heavy atom. The summed E-state index contributed by atoms with van der Waals surface area (Å²) in [6, 6.07) is 0. The minimum atomic E-state index is -2.37. The number of hydrogen-bond donors (Lipinski definition) is 0. The van der Waals surface area contributed by atoms with Crippen molar-refractivity contribution < 1.29 is 27.2 Å². The molecule has 0 saturated carbocycles. The zero-order valence-corrected chi connectivity index (χ0v) is 33.8. The maximum Gasteiger partial charge on any atom is 0.376 e. The molecular formula is C30H64O6Si4. The van der Waals surface area contributed by atoms with E-state index in [0.717, 1.165) is 0 Å². The van der Waals surface area contributed by atoms with Crippen molar-refractivity contribution in [3.05, 3.63) is 11.5 Å². The molecule has 10 heteroatoms. The fourth-order valence-corrected chi connectivity index (χ4v) is 7.36. The topological polar surface area (TPSA) is 63.2 Å². The summed E-state index contributed by atoms with van der Waals surface area (Å²) in [4.78, 5) is 13.6. The minimum Gasteiger partial charge on any atom is -0.541 e. The minimum absolute atomic E-state index is 0.0323. The van der Waals surface area contributed by atoms with E-state index >= 15 is 0 Å². The molecule has 1 heterocycles. The first kappa shape index (κ1) is 37.6. The fraction of sp³-hybridized carbons (Fsp3) is 0.900. The van der Waals surface area contributed by atoms with Gasteiger partial charge in [0.15, 0.2) is 28.5 Å². The standard InChI is InChI=1S/C30H64O6Si4/c1-27(2,3)37(13,14)32-21-22(34-38(15,16)28(4,5)6)23-24(35-39(17,18)29(7,8)9)25(26(31)33-23)36-40(19,20)30(10,11)12/h22-23H,21H2,1-20H3. The van der Waals surface area contributed by atoms with E-state index in [0.29, 0.717) is 12.4 Å². The monoisotopic (exact) mass is 632 g/mol. The quantitative estimate of drug-likeness (QED) is 0.177. The lowest BCUT2D eigenvalue weighted by Gasteiger charge is -2.43. The van der Waals surface area contributed by atoms with Crippen molar-refractivity contribution in [1.29, 1.82) is 0 Å². The summed E-state index contributed by atoms with van der Waals surface area (Å²) in [6.07, 6.45) is -1.22. The molecule has 0 N–H and O–H groups in total. The van der Waals surface area contributed by atoms with E-state index in [4.69, 9.17) is 22.4 Å². The molecule has 1 rings (SSSR count). The Balaban J connectivity index is 3.80. The van der Waals surface area contributed by atoms with Crippen LogP contribution in [0.3, 0.4) is 0 Å². The van der Waals surface area contributed by atoms with E-state index in [-0.39, 0.29) is 25.9 Å². The molecule has 2 atom stereocenters. The van der Waals surface area contributed by atoms with Gasteiger partial charge in [0, 0.05) is 0 Å². The van der Waals surface area contributed by atoms with Crippen molar-refractivity contribution in [2.24, 2.45) is 0 Å². The largest absolute Gasteiger partial charge is 0.541 e. The van der Waals surface area contributed by atoms with Crippen LogP contribution in [0.2, 0.25) is 72.5 Å². The van der Waals surface area contributed by atoms with Gasteiger partial charge in [0.05, 0.1) is 6.61 Å². The summed E-state index contributed by atoms with van der Waals surface area (Å²) in [5.41, 5.74) is 0. The third-order valence-corrected chi connectivity index (χ3v) is 27.9. The van der Waals surface area contributed by atoms with Crippen LogP contribution in [0, 0.1) is 0 Å². The zero-order valence-electron chi connectivity index (χ0n) is 29.8. The van der Waals surface area contributed by atoms with Gasteiger partial charge in [0.25, 0.3) is 8.32 Å². The Morgan fingerprint density at radius 3 is 1.38 bits per heavy atom. The molecule has 0 saturated heterocycles. The van der Waals surface area contributed by atoms with Crippen molar-refractivity contribution in [2.75, 3.05) is 6.61 Å². The first-order valence-corrected chi connectivity index (χ1v) is 26.6. The molecule has 0 aromatic carbocycles. The molecule has 0 amide bonds. The number of cyclic esters (lactones) is 1. The molecule has 0 radical (unpaired) electrons. The fourth-order valence-electron chi connectivity index (χ4n) is 2.97. The Kier molecular flexibility index (Phi) is 10.9. The van der Waals surface area contributed by atoms with Crippen molar-refractivity contribution in [3.8, 4) is 0 Å². The lowest BCUT2D eigenvalue weighted by molar-refractivity contribution is -0.146. The van der Waals surface area contributed by atoms with Crippen molar-refractivity contribution in [2.45, 2.75) is 168 Å². The highest BCUT2D eigenvalue weighted by atomic mass is 28.4. The smallest absolute Gasteiger partial charge is 0.376 e. The van der Waals surface area contributed by atoms with Gasteiger partial charge in [-0.25, -0.2) is 4.79 Å². The normalized spacial score (nSPS) is 19.6. The number of carbonyl (C=O) groups is 1. The maximum atomic E-state index is 13.6. The van der Waals surface area contributed by atoms with Gasteiger partial charge in [-0.3, -0.25) is 0 Å². The molecule has 0 aromatic heterocycles. The molecule has 0 spiro atoms. The Bertz CT molecular complexity index is 941. The van der Waals surface area contributed by atoms with E-state index in [9.17, 15) is 4.79 Å². The van der Waals surface area contributed by atoms with E-state index in [1.807, 2.05) is 0 Å². The van der Waals surface area contributed by atoms with E-state index in [2.05, 4.69) is 135 Å². The second-order valence-corrected chi connectivity index (χ2v) is 36.7. The maximum absolute atomic E-state index is 13.6. The average Bonchev–Trinajstić information content (AvgIpc) is 2.96. The number of rotatable bonds is 10. The van der Waals surface area contributed by atoms with Crippen LogP contribution in [0.4, 0.5) is 0 Å². The summed E-state index contributed by atoms with van der Waals surface area (Å²) >= 11 is 0. The molecular weight excluding hydrogens is 569 g/mol. The third-order valence-electron chi connectivity index (χ3n) is 10.2. The molecule has 1 aliphatic heterocycles. The highest BCUT2D eigenvalue weighted by Crippen LogP contribution is 2.46. The Hall–Kier alpha value is -0.402. The van der Waals surface area contributed by atoms with Crippen LogP contribution in [0.15, 0.2) is 11.5 Å². The molecule has 0 fully saturated rings. The number of ether oxygens (including phenoxy) is 1. The molecule has 236 valence electrons. The summed E-state index contributed by atoms with van der Waals surface area (Å²) in [5.74, 6) is 0.279. The van der Waals surface area contributed by atoms with Crippen LogP contribution in [0.25, 0.3) is 0 Å². The average molecular weight is 633 g/mol. The molecule has 40 heavy (non-hydrogen) atoms. The van der Waals surface area contributed by atoms with Gasteiger partial charge in [-0.1, -0.05) is 83.1 Å². The third kappa shape index (κ3) is 8.58. The van der Waals surface area contributed by atoms with Crippen LogP contribution < -0.4 is 0 Å². The van der Waals surface area contributed by atoms with Gasteiger partial charge < -0.3 is 22.4 Å². The van der Waals surface area contributed by atoms with Crippen molar-refractivity contribution in [3.63, 3.8) is 0 Å². The van der Waals surface area contributed by atoms with E-state index in [1.54, 1.807) is 0 Å². The number of esters is 1. The number of hydrogen-bond acceptors (Lipinski definition) is 6. The first-order valence-electron chi connectivity index (χ1n) is 14.9. The van der Waals surface area contributed by atoms with Gasteiger partial charge in [0.2, 0.25) is 14.1 Å². The lowest BCUT2D eigenvalue weighted by atomic mass is 10.2. The van der Waals surface area contributed by atoms with Gasteiger partial charge >= 0.3 is 5.97 Å². The summed E-state index contributed by atoms with van der Waals surface area (Å²) in [7, 11) is -9.13. The van der Waals surface area contributed by atoms with Crippen LogP contribution in [-0.4, -0.2) is 58.1 Å². The van der Waals surface area contributed by atoms with Crippen LogP contribution in [0.5, 0.6) is 0 Å². The van der Waals surface area contributed by atoms with Crippen LogP contribution in [0.1, 0.15) is 83.1 Å². The molecule has 6 nitrogen and oxygen atoms in total. The summed E-state index contributed by atoms with van der Waals surface area (Å²) < 4.78 is 33.6. The van der Waals surface area contributed by atoms with Crippen LogP contribution >= 0.6 is 0 Å². The lowest BCUT2D eigenvalue weighted by Crippen LogP contribution is -2.52. The predicted octanol–water partition coefficient (Wildman–Crippen LogP) is 9.58. The zero-order chi connectivity index (χ0) is 32.1. The second kappa shape index (κ2) is 11.6. The second-order valence-electron chi connectivity index (χ2n) is 17.7. The van der Waals surface area contributed by atoms with Gasteiger partial charge in [-0.15, -0.1) is 0 Å². The predicted molar refractivity (Wildman–Crippen MR) is 179 cm³/mol. The van der Waals surface area contributed by atoms with Gasteiger partial charge in [0.1, 0.15) is 6.10 Å². The van der Waals surface area contributed by atoms with E-state index < -0.39 is 51.4 Å². The number of carbonyl (C=O) groups excluding carboxylic acids is 1. The van der Waals surface area contributed by atoms with Crippen molar-refractivity contribution in [1.82, 2.24) is 0 Å². The summed E-state index contributed by atoms with van der Waals surface area (Å²) in [6.45, 7) is 44.4. The Morgan fingerprint density at radius 2 is 1.00 bits per heavy atom. The highest BCUT2D eigenvalue weighted by molar-refractivity contribution is 6.75. The highest BCUT2D eigenvalue weighted by Gasteiger charge is 2.53. The molecule has 2 unspecified atom stereocenters. The van der Waals surface area contributed by atoms with E-state index in [1.165, 1.54) is 0 Å². The van der Waals surface area contributed by atoms with Gasteiger partial charge in [-0.05, 0) is 72.5 Å². The van der Waals surface area contributed by atoms with Gasteiger partial charge in [-0.2, -0.15) is 0 Å². The van der Waals surface area contributed by atoms with Crippen molar-refractivity contribution >= 4 is 39.2 Å². The molecule has 0 aliphatic carbocycles. The van der Waals surface area contributed by atoms with Crippen LogP contribution in [-0.2, 0) is 27.2 Å². The Labute approximate surface area is 251 Å². The summed E-state index contributed by atoms with van der Waals surface area (Å²) in [5, 5.41) is -0.169. The molecule has 0 bridgehead atoms. The first-order chi connectivity index (χ1) is 17.3. The SMILES string of the molecule is CC(C)(C)[Si](C)(C)OCC(O[Si](C)(C)C(C)(C)C)C1OC(=O)C(O[Si](C)(C)C(C)(C)C)=C1O[Si](C)(C)C(C)(C)C.